The van der Waals surface area contributed by atoms with Crippen molar-refractivity contribution >= 4 is 27.8 Å². The van der Waals surface area contributed by atoms with E-state index >= 15 is 0 Å². The van der Waals surface area contributed by atoms with Crippen LogP contribution in [-0.2, 0) is 16.2 Å². The highest BCUT2D eigenvalue weighted by atomic mass is 15.2. The van der Waals surface area contributed by atoms with E-state index < -0.39 is 0 Å². The second-order valence-corrected chi connectivity index (χ2v) is 18.1. The summed E-state index contributed by atoms with van der Waals surface area (Å²) >= 11 is 0. The molecule has 1 heteroatoms. The minimum Gasteiger partial charge on any atom is -0.309 e. The van der Waals surface area contributed by atoms with Crippen molar-refractivity contribution in [1.82, 2.24) is 0 Å². The lowest BCUT2D eigenvalue weighted by Crippen LogP contribution is -2.28. The third kappa shape index (κ3) is 5.29. The zero-order chi connectivity index (χ0) is 39.3. The Bertz CT molecular complexity index is 2780. The van der Waals surface area contributed by atoms with Gasteiger partial charge in [-0.05, 0) is 107 Å². The Balaban J connectivity index is 1.42. The molecule has 0 heterocycles. The molecule has 8 aromatic carbocycles. The molecular formula is C56H49N. The molecule has 0 fully saturated rings. The molecule has 2 aliphatic rings. The van der Waals surface area contributed by atoms with E-state index in [9.17, 15) is 0 Å². The highest BCUT2D eigenvalue weighted by molar-refractivity contribution is 6.05. The quantitative estimate of drug-likeness (QED) is 0.170. The minimum absolute atomic E-state index is 0.131. The van der Waals surface area contributed by atoms with Crippen LogP contribution in [0.1, 0.15) is 76.3 Å². The molecule has 8 aromatic rings. The summed E-state index contributed by atoms with van der Waals surface area (Å²) in [6, 6.07) is 63.2. The van der Waals surface area contributed by atoms with Crippen LogP contribution in [0.25, 0.3) is 55.3 Å². The van der Waals surface area contributed by atoms with Crippen molar-refractivity contribution in [2.75, 3.05) is 4.90 Å². The first-order valence-electron chi connectivity index (χ1n) is 20.5. The fraction of sp³-hybridized carbons (Fsp3) is 0.179. The van der Waals surface area contributed by atoms with Crippen LogP contribution in [0.2, 0.25) is 0 Å². The predicted octanol–water partition coefficient (Wildman–Crippen LogP) is 15.6. The van der Waals surface area contributed by atoms with Crippen LogP contribution in [0.4, 0.5) is 17.1 Å². The van der Waals surface area contributed by atoms with Crippen LogP contribution in [0, 0.1) is 0 Å². The molecule has 278 valence electrons. The Kier molecular flexibility index (Phi) is 7.83. The van der Waals surface area contributed by atoms with Crippen molar-refractivity contribution in [3.63, 3.8) is 0 Å². The first-order chi connectivity index (χ1) is 27.5. The standard InChI is InChI=1S/C56H49N/c1-54(2,3)50-48-42-26-16-18-28-45(42)55(4,5)51(48)53(52-49(50)43-27-17-19-29-46(43)56(52,6)7)57(41-32-30-37-22-14-15-25-39(37)34-41)47-33-31-40(36-20-10-8-11-21-36)35-44(47)38-23-12-9-13-24-38/h8-35H,1-7H3. The topological polar surface area (TPSA) is 3.24 Å². The Morgan fingerprint density at radius 1 is 0.421 bits per heavy atom. The van der Waals surface area contributed by atoms with Crippen molar-refractivity contribution in [1.29, 1.82) is 0 Å². The molecule has 2 aliphatic carbocycles. The van der Waals surface area contributed by atoms with Crippen molar-refractivity contribution in [3.05, 3.63) is 198 Å². The van der Waals surface area contributed by atoms with E-state index in [1.807, 2.05) is 0 Å². The average molecular weight is 736 g/mol. The van der Waals surface area contributed by atoms with Crippen molar-refractivity contribution in [2.24, 2.45) is 0 Å². The second-order valence-electron chi connectivity index (χ2n) is 18.1. The van der Waals surface area contributed by atoms with E-state index in [2.05, 4.69) is 223 Å². The number of hydrogen-bond acceptors (Lipinski definition) is 1. The fourth-order valence-corrected chi connectivity index (χ4v) is 10.3. The van der Waals surface area contributed by atoms with Gasteiger partial charge in [0.1, 0.15) is 0 Å². The van der Waals surface area contributed by atoms with Gasteiger partial charge < -0.3 is 4.90 Å². The monoisotopic (exact) mass is 735 g/mol. The minimum atomic E-state index is -0.285. The van der Waals surface area contributed by atoms with E-state index in [0.717, 1.165) is 5.69 Å². The van der Waals surface area contributed by atoms with Gasteiger partial charge in [-0.25, -0.2) is 0 Å². The summed E-state index contributed by atoms with van der Waals surface area (Å²) in [4.78, 5) is 2.66. The molecule has 0 N–H and O–H groups in total. The third-order valence-electron chi connectivity index (χ3n) is 12.9. The van der Waals surface area contributed by atoms with E-state index in [0.29, 0.717) is 0 Å². The fourth-order valence-electron chi connectivity index (χ4n) is 10.3. The van der Waals surface area contributed by atoms with Crippen LogP contribution in [0.15, 0.2) is 170 Å². The highest BCUT2D eigenvalue weighted by Gasteiger charge is 2.50. The Labute approximate surface area is 338 Å². The summed E-state index contributed by atoms with van der Waals surface area (Å²) in [5.74, 6) is 0. The Morgan fingerprint density at radius 3 is 1.51 bits per heavy atom. The SMILES string of the molecule is CC(C)(C)c1c2c(c(N(c3ccc4ccccc4c3)c3ccc(-c4ccccc4)cc3-c3ccccc3)c3c1-c1ccccc1C3(C)C)C(C)(C)c1ccccc1-2. The van der Waals surface area contributed by atoms with Crippen LogP contribution in [0.3, 0.4) is 0 Å². The van der Waals surface area contributed by atoms with Gasteiger partial charge in [-0.3, -0.25) is 0 Å². The first kappa shape index (κ1) is 35.2. The smallest absolute Gasteiger partial charge is 0.0556 e. The normalized spacial score (nSPS) is 14.5. The van der Waals surface area contributed by atoms with Crippen molar-refractivity contribution < 1.29 is 0 Å². The van der Waals surface area contributed by atoms with Crippen LogP contribution in [-0.4, -0.2) is 0 Å². The lowest BCUT2D eigenvalue weighted by molar-refractivity contribution is 0.587. The summed E-state index contributed by atoms with van der Waals surface area (Å²) in [5.41, 5.74) is 20.3. The van der Waals surface area contributed by atoms with Crippen molar-refractivity contribution in [2.45, 2.75) is 64.7 Å². The van der Waals surface area contributed by atoms with Gasteiger partial charge in [-0.1, -0.05) is 194 Å². The zero-order valence-electron chi connectivity index (χ0n) is 34.1. The molecular weight excluding hydrogens is 687 g/mol. The Morgan fingerprint density at radius 2 is 0.930 bits per heavy atom. The molecule has 0 radical (unpaired) electrons. The second kappa shape index (κ2) is 12.7. The van der Waals surface area contributed by atoms with Gasteiger partial charge in [0, 0.05) is 22.1 Å². The average Bonchev–Trinajstić information content (AvgIpc) is 3.61. The maximum Gasteiger partial charge on any atom is 0.0556 e. The summed E-state index contributed by atoms with van der Waals surface area (Å²) in [5, 5.41) is 2.47. The van der Waals surface area contributed by atoms with Crippen LogP contribution >= 0.6 is 0 Å². The van der Waals surface area contributed by atoms with Gasteiger partial charge in [-0.2, -0.15) is 0 Å². The highest BCUT2D eigenvalue weighted by Crippen LogP contribution is 2.66. The number of nitrogens with zero attached hydrogens (tertiary/aromatic N) is 1. The van der Waals surface area contributed by atoms with Crippen LogP contribution < -0.4 is 4.90 Å². The lowest BCUT2D eigenvalue weighted by Gasteiger charge is -2.40. The zero-order valence-corrected chi connectivity index (χ0v) is 34.1. The number of anilines is 3. The summed E-state index contributed by atoms with van der Waals surface area (Å²) in [7, 11) is 0. The molecule has 57 heavy (non-hydrogen) atoms. The van der Waals surface area contributed by atoms with E-state index in [1.165, 1.54) is 94.5 Å². The number of rotatable bonds is 5. The number of hydrogen-bond donors (Lipinski definition) is 0. The summed E-state index contributed by atoms with van der Waals surface area (Å²) in [6.07, 6.45) is 0. The van der Waals surface area contributed by atoms with Gasteiger partial charge >= 0.3 is 0 Å². The molecule has 0 atom stereocenters. The predicted molar refractivity (Wildman–Crippen MR) is 243 cm³/mol. The largest absolute Gasteiger partial charge is 0.309 e. The molecule has 0 spiro atoms. The molecule has 1 nitrogen and oxygen atoms in total. The summed E-state index contributed by atoms with van der Waals surface area (Å²) < 4.78 is 0. The van der Waals surface area contributed by atoms with E-state index in [1.54, 1.807) is 0 Å². The van der Waals surface area contributed by atoms with E-state index in [-0.39, 0.29) is 16.2 Å². The molecule has 10 rings (SSSR count). The maximum absolute atomic E-state index is 2.66. The molecule has 0 aliphatic heterocycles. The molecule has 0 saturated carbocycles. The van der Waals surface area contributed by atoms with Crippen LogP contribution in [0.5, 0.6) is 0 Å². The van der Waals surface area contributed by atoms with Gasteiger partial charge in [0.15, 0.2) is 0 Å². The third-order valence-corrected chi connectivity index (χ3v) is 12.9. The Hall–Kier alpha value is -6.18. The maximum atomic E-state index is 2.66. The van der Waals surface area contributed by atoms with Gasteiger partial charge in [-0.15, -0.1) is 0 Å². The molecule has 0 bridgehead atoms. The molecule has 0 amide bonds. The molecule has 0 saturated heterocycles. The number of fused-ring (bicyclic) bond motifs is 7. The summed E-state index contributed by atoms with van der Waals surface area (Å²) in [6.45, 7) is 17.1. The molecule has 0 unspecified atom stereocenters. The lowest BCUT2D eigenvalue weighted by atomic mass is 9.70. The number of benzene rings is 8. The first-order valence-corrected chi connectivity index (χ1v) is 20.5. The van der Waals surface area contributed by atoms with Gasteiger partial charge in [0.2, 0.25) is 0 Å². The van der Waals surface area contributed by atoms with Crippen molar-refractivity contribution in [3.8, 4) is 44.5 Å². The van der Waals surface area contributed by atoms with Gasteiger partial charge in [0.05, 0.1) is 11.4 Å². The van der Waals surface area contributed by atoms with Gasteiger partial charge in [0.25, 0.3) is 0 Å². The molecule has 0 aromatic heterocycles. The van der Waals surface area contributed by atoms with E-state index in [4.69, 9.17) is 0 Å².